The first kappa shape index (κ1) is 28.4. The van der Waals surface area contributed by atoms with Gasteiger partial charge in [0.2, 0.25) is 5.90 Å². The van der Waals surface area contributed by atoms with Crippen molar-refractivity contribution in [3.8, 4) is 11.5 Å². The Hall–Kier alpha value is -3.62. The Kier molecular flexibility index (Phi) is 9.79. The predicted octanol–water partition coefficient (Wildman–Crippen LogP) is 5.41. The lowest BCUT2D eigenvalue weighted by molar-refractivity contribution is -0.128. The fraction of sp³-hybridized carbons (Fsp3) is 0.290. The molecule has 0 unspecified atom stereocenters. The number of hydrogen-bond donors (Lipinski definition) is 2. The van der Waals surface area contributed by atoms with Crippen LogP contribution in [0.2, 0.25) is 0 Å². The molecule has 0 radical (unpaired) electrons. The zero-order chi connectivity index (χ0) is 27.7. The standard InChI is InChI=1S/C31H33BrN2O5/c1-3-18-31(30(36)33-19-17-22-9-4-7-12-27(22)37-2)28(25-10-5-6-11-26(25)32)39-29(34-31)23-13-15-24(16-14-23)38-21-8-20-35/h3-7,9-16,28,35H,1,8,17-21H2,2H3,(H,33,36)/t28-,31-/m1/s1. The zero-order valence-electron chi connectivity index (χ0n) is 21.9. The zero-order valence-corrected chi connectivity index (χ0v) is 23.5. The smallest absolute Gasteiger partial charge is 0.252 e. The molecule has 1 aliphatic rings. The number of rotatable bonds is 13. The number of ether oxygens (including phenoxy) is 3. The van der Waals surface area contributed by atoms with Crippen LogP contribution in [0.1, 0.15) is 35.6 Å². The van der Waals surface area contributed by atoms with Gasteiger partial charge in [-0.3, -0.25) is 4.79 Å². The van der Waals surface area contributed by atoms with Crippen LogP contribution in [0.5, 0.6) is 11.5 Å². The SMILES string of the molecule is C=CC[C@@]1(C(=O)NCCc2ccccc2OC)N=C(c2ccc(OCCCO)cc2)O[C@@H]1c1ccccc1Br. The summed E-state index contributed by atoms with van der Waals surface area (Å²) in [4.78, 5) is 18.9. The summed E-state index contributed by atoms with van der Waals surface area (Å²) in [5.41, 5.74) is 1.31. The number of nitrogens with one attached hydrogen (secondary N) is 1. The number of hydrogen-bond acceptors (Lipinski definition) is 6. The number of halogens is 1. The van der Waals surface area contributed by atoms with Gasteiger partial charge in [-0.2, -0.15) is 0 Å². The maximum atomic E-state index is 13.9. The molecule has 1 amide bonds. The fourth-order valence-corrected chi connectivity index (χ4v) is 5.07. The molecule has 0 spiro atoms. The van der Waals surface area contributed by atoms with E-state index in [0.29, 0.717) is 37.6 Å². The highest BCUT2D eigenvalue weighted by Gasteiger charge is 2.52. The van der Waals surface area contributed by atoms with Crippen molar-refractivity contribution in [2.24, 2.45) is 4.99 Å². The van der Waals surface area contributed by atoms with Crippen LogP contribution < -0.4 is 14.8 Å². The highest BCUT2D eigenvalue weighted by molar-refractivity contribution is 9.10. The molecule has 0 saturated carbocycles. The van der Waals surface area contributed by atoms with Gasteiger partial charge in [0, 0.05) is 41.6 Å². The van der Waals surface area contributed by atoms with Gasteiger partial charge in [0.25, 0.3) is 5.91 Å². The fourth-order valence-electron chi connectivity index (χ4n) is 4.57. The topological polar surface area (TPSA) is 89.4 Å². The van der Waals surface area contributed by atoms with E-state index in [0.717, 1.165) is 26.9 Å². The summed E-state index contributed by atoms with van der Waals surface area (Å²) in [7, 11) is 1.64. The predicted molar refractivity (Wildman–Crippen MR) is 155 cm³/mol. The summed E-state index contributed by atoms with van der Waals surface area (Å²) in [5.74, 6) is 1.60. The molecule has 0 bridgehead atoms. The maximum absolute atomic E-state index is 13.9. The van der Waals surface area contributed by atoms with Crippen molar-refractivity contribution in [2.45, 2.75) is 30.9 Å². The minimum absolute atomic E-state index is 0.0749. The average molecular weight is 594 g/mol. The molecule has 3 aromatic carbocycles. The molecule has 0 aliphatic carbocycles. The summed E-state index contributed by atoms with van der Waals surface area (Å²) in [6, 6.07) is 22.8. The molecular formula is C31H33BrN2O5. The van der Waals surface area contributed by atoms with E-state index in [2.05, 4.69) is 27.8 Å². The Morgan fingerprint density at radius 1 is 1.15 bits per heavy atom. The Morgan fingerprint density at radius 2 is 1.90 bits per heavy atom. The van der Waals surface area contributed by atoms with Crippen LogP contribution >= 0.6 is 15.9 Å². The van der Waals surface area contributed by atoms with Crippen molar-refractivity contribution in [1.29, 1.82) is 0 Å². The number of carbonyl (C=O) groups is 1. The Labute approximate surface area is 237 Å². The van der Waals surface area contributed by atoms with Crippen LogP contribution in [0.15, 0.2) is 94.9 Å². The minimum Gasteiger partial charge on any atom is -0.496 e. The van der Waals surface area contributed by atoms with Crippen molar-refractivity contribution in [3.63, 3.8) is 0 Å². The maximum Gasteiger partial charge on any atom is 0.252 e. The average Bonchev–Trinajstić information content (AvgIpc) is 3.34. The van der Waals surface area contributed by atoms with E-state index in [4.69, 9.17) is 24.3 Å². The summed E-state index contributed by atoms with van der Waals surface area (Å²) < 4.78 is 18.4. The normalized spacial score (nSPS) is 18.1. The molecule has 204 valence electrons. The molecule has 3 aromatic rings. The number of aliphatic hydroxyl groups is 1. The molecule has 0 aromatic heterocycles. The lowest BCUT2D eigenvalue weighted by Crippen LogP contribution is -2.48. The molecule has 2 N–H and O–H groups in total. The van der Waals surface area contributed by atoms with E-state index in [1.54, 1.807) is 13.2 Å². The van der Waals surface area contributed by atoms with Gasteiger partial charge < -0.3 is 24.6 Å². The molecule has 0 saturated heterocycles. The largest absolute Gasteiger partial charge is 0.496 e. The second-order valence-corrected chi connectivity index (χ2v) is 9.98. The van der Waals surface area contributed by atoms with Gasteiger partial charge in [0.15, 0.2) is 11.6 Å². The van der Waals surface area contributed by atoms with Crippen LogP contribution in [0.4, 0.5) is 0 Å². The summed E-state index contributed by atoms with van der Waals surface area (Å²) in [6.07, 6.45) is 2.48. The van der Waals surface area contributed by atoms with Crippen molar-refractivity contribution in [2.75, 3.05) is 26.9 Å². The van der Waals surface area contributed by atoms with Crippen LogP contribution in [0, 0.1) is 0 Å². The molecular weight excluding hydrogens is 560 g/mol. The van der Waals surface area contributed by atoms with E-state index in [9.17, 15) is 4.79 Å². The Morgan fingerprint density at radius 3 is 2.62 bits per heavy atom. The van der Waals surface area contributed by atoms with Gasteiger partial charge in [0.1, 0.15) is 11.5 Å². The lowest BCUT2D eigenvalue weighted by Gasteiger charge is -2.30. The molecule has 1 aliphatic heterocycles. The third kappa shape index (κ3) is 6.52. The van der Waals surface area contributed by atoms with E-state index < -0.39 is 11.6 Å². The number of nitrogens with zero attached hydrogens (tertiary/aromatic N) is 1. The lowest BCUT2D eigenvalue weighted by atomic mass is 9.84. The second-order valence-electron chi connectivity index (χ2n) is 9.12. The number of aliphatic imine (C=N–C) groups is 1. The number of amides is 1. The van der Waals surface area contributed by atoms with E-state index >= 15 is 0 Å². The number of methoxy groups -OCH3 is 1. The third-order valence-corrected chi connectivity index (χ3v) is 7.27. The quantitative estimate of drug-likeness (QED) is 0.204. The van der Waals surface area contributed by atoms with Crippen molar-refractivity contribution >= 4 is 27.7 Å². The van der Waals surface area contributed by atoms with Crippen LogP contribution in [0.3, 0.4) is 0 Å². The van der Waals surface area contributed by atoms with Crippen molar-refractivity contribution in [1.82, 2.24) is 5.32 Å². The van der Waals surface area contributed by atoms with Crippen molar-refractivity contribution < 1.29 is 24.1 Å². The first-order chi connectivity index (χ1) is 19.0. The summed E-state index contributed by atoms with van der Waals surface area (Å²) in [5, 5.41) is 12.1. The van der Waals surface area contributed by atoms with Crippen LogP contribution in [-0.4, -0.2) is 49.3 Å². The Balaban J connectivity index is 1.63. The molecule has 2 atom stereocenters. The third-order valence-electron chi connectivity index (χ3n) is 6.55. The van der Waals surface area contributed by atoms with E-state index in [1.807, 2.05) is 72.8 Å². The molecule has 0 fully saturated rings. The minimum atomic E-state index is -1.25. The highest BCUT2D eigenvalue weighted by Crippen LogP contribution is 2.44. The monoisotopic (exact) mass is 592 g/mol. The number of aliphatic hydroxyl groups excluding tert-OH is 1. The first-order valence-electron chi connectivity index (χ1n) is 12.9. The number of carbonyl (C=O) groups excluding carboxylic acids is 1. The molecule has 8 heteroatoms. The van der Waals surface area contributed by atoms with E-state index in [1.165, 1.54) is 0 Å². The number of para-hydroxylation sites is 1. The summed E-state index contributed by atoms with van der Waals surface area (Å²) in [6.45, 7) is 4.84. The van der Waals surface area contributed by atoms with Gasteiger partial charge in [-0.05, 0) is 48.4 Å². The van der Waals surface area contributed by atoms with Crippen LogP contribution in [0.25, 0.3) is 0 Å². The van der Waals surface area contributed by atoms with Gasteiger partial charge in [0.05, 0.1) is 13.7 Å². The van der Waals surface area contributed by atoms with Crippen LogP contribution in [-0.2, 0) is 16.0 Å². The number of benzene rings is 3. The molecule has 4 rings (SSSR count). The molecule has 1 heterocycles. The van der Waals surface area contributed by atoms with Gasteiger partial charge in [-0.25, -0.2) is 4.99 Å². The van der Waals surface area contributed by atoms with Gasteiger partial charge in [-0.15, -0.1) is 6.58 Å². The highest BCUT2D eigenvalue weighted by atomic mass is 79.9. The van der Waals surface area contributed by atoms with Crippen molar-refractivity contribution in [3.05, 3.63) is 107 Å². The van der Waals surface area contributed by atoms with Gasteiger partial charge >= 0.3 is 0 Å². The van der Waals surface area contributed by atoms with Gasteiger partial charge in [-0.1, -0.05) is 58.4 Å². The second kappa shape index (κ2) is 13.4. The first-order valence-corrected chi connectivity index (χ1v) is 13.7. The molecule has 7 nitrogen and oxygen atoms in total. The molecule has 39 heavy (non-hydrogen) atoms. The summed E-state index contributed by atoms with van der Waals surface area (Å²) >= 11 is 3.64. The Bertz CT molecular complexity index is 1310. The van der Waals surface area contributed by atoms with E-state index in [-0.39, 0.29) is 18.9 Å².